The summed E-state index contributed by atoms with van der Waals surface area (Å²) in [6.07, 6.45) is 2.37. The summed E-state index contributed by atoms with van der Waals surface area (Å²) in [5.74, 6) is 1.48. The van der Waals surface area contributed by atoms with Crippen LogP contribution in [0.5, 0.6) is 0 Å². The molecule has 2 atom stereocenters. The van der Waals surface area contributed by atoms with Gasteiger partial charge in [-0.25, -0.2) is 0 Å². The van der Waals surface area contributed by atoms with E-state index in [0.717, 1.165) is 12.8 Å². The molecule has 1 fully saturated rings. The van der Waals surface area contributed by atoms with Crippen molar-refractivity contribution in [1.82, 2.24) is 15.1 Å². The first-order chi connectivity index (χ1) is 11.7. The van der Waals surface area contributed by atoms with E-state index < -0.39 is 0 Å². The zero-order valence-corrected chi connectivity index (χ0v) is 13.8. The molecule has 126 valence electrons. The van der Waals surface area contributed by atoms with Crippen molar-refractivity contribution in [2.75, 3.05) is 19.7 Å². The van der Waals surface area contributed by atoms with Crippen LogP contribution in [0.1, 0.15) is 47.8 Å². The fraction of sp³-hybridized carbons (Fsp3) is 0.500. The minimum Gasteiger partial charge on any atom is -0.423 e. The van der Waals surface area contributed by atoms with Gasteiger partial charge in [-0.05, 0) is 29.9 Å². The molecule has 0 saturated carbocycles. The number of ether oxygens (including phenoxy) is 1. The molecule has 4 rings (SSSR count). The van der Waals surface area contributed by atoms with E-state index >= 15 is 0 Å². The number of carbonyl (C=O) groups excluding carboxylic acids is 1. The van der Waals surface area contributed by atoms with Gasteiger partial charge < -0.3 is 14.1 Å². The normalized spacial score (nSPS) is 23.3. The summed E-state index contributed by atoms with van der Waals surface area (Å²) in [6, 6.07) is 8.46. The Bertz CT molecular complexity index is 743. The first-order valence-electron chi connectivity index (χ1n) is 8.48. The first-order valence-corrected chi connectivity index (χ1v) is 8.48. The minimum absolute atomic E-state index is 0.182. The molecule has 1 amide bonds. The average Bonchev–Trinajstić information content (AvgIpc) is 3.22. The van der Waals surface area contributed by atoms with Gasteiger partial charge in [0.2, 0.25) is 17.7 Å². The van der Waals surface area contributed by atoms with Gasteiger partial charge in [-0.15, -0.1) is 10.2 Å². The number of aryl methyl sites for hydroxylation is 2. The number of nitrogens with zero attached hydrogens (tertiary/aromatic N) is 3. The lowest BCUT2D eigenvalue weighted by Gasteiger charge is -2.32. The van der Waals surface area contributed by atoms with E-state index in [9.17, 15) is 4.79 Å². The van der Waals surface area contributed by atoms with Crippen LogP contribution in [0.25, 0.3) is 0 Å². The van der Waals surface area contributed by atoms with E-state index in [-0.39, 0.29) is 12.0 Å². The Balaban J connectivity index is 1.41. The summed E-state index contributed by atoms with van der Waals surface area (Å²) in [7, 11) is 0. The molecule has 1 aromatic heterocycles. The number of rotatable bonds is 3. The Hall–Kier alpha value is -2.21. The van der Waals surface area contributed by atoms with E-state index in [2.05, 4.69) is 34.5 Å². The maximum Gasteiger partial charge on any atom is 0.246 e. The molecule has 6 heteroatoms. The molecule has 6 nitrogen and oxygen atoms in total. The molecule has 1 aliphatic carbocycles. The number of benzene rings is 1. The number of hydrogen-bond donors (Lipinski definition) is 0. The van der Waals surface area contributed by atoms with Crippen molar-refractivity contribution in [2.24, 2.45) is 0 Å². The standard InChI is InChI=1S/C18H21N3O3/c1-12-19-20-18(24-12)16-11-21(8-9-23-16)17(22)10-14-7-6-13-4-2-3-5-15(13)14/h2-5,14,16H,6-11H2,1H3/t14-,16+/m1/s1. The third-order valence-corrected chi connectivity index (χ3v) is 4.91. The maximum absolute atomic E-state index is 12.7. The molecule has 0 bridgehead atoms. The molecule has 0 spiro atoms. The Morgan fingerprint density at radius 1 is 1.33 bits per heavy atom. The summed E-state index contributed by atoms with van der Waals surface area (Å²) in [5, 5.41) is 7.86. The highest BCUT2D eigenvalue weighted by Crippen LogP contribution is 2.36. The lowest BCUT2D eigenvalue weighted by molar-refractivity contribution is -0.140. The van der Waals surface area contributed by atoms with Crippen LogP contribution in [0.4, 0.5) is 0 Å². The highest BCUT2D eigenvalue weighted by atomic mass is 16.5. The van der Waals surface area contributed by atoms with Gasteiger partial charge in [0.15, 0.2) is 6.10 Å². The van der Waals surface area contributed by atoms with Crippen LogP contribution in [0, 0.1) is 6.92 Å². The summed E-state index contributed by atoms with van der Waals surface area (Å²) in [5.41, 5.74) is 2.72. The molecule has 1 aliphatic heterocycles. The number of aromatic nitrogens is 2. The summed E-state index contributed by atoms with van der Waals surface area (Å²) in [6.45, 7) is 3.35. The van der Waals surface area contributed by atoms with Gasteiger partial charge in [-0.3, -0.25) is 4.79 Å². The molecule has 2 heterocycles. The molecule has 1 aromatic carbocycles. The molecule has 0 radical (unpaired) electrons. The van der Waals surface area contributed by atoms with Gasteiger partial charge >= 0.3 is 0 Å². The predicted molar refractivity (Wildman–Crippen MR) is 86.4 cm³/mol. The van der Waals surface area contributed by atoms with Crippen molar-refractivity contribution in [1.29, 1.82) is 0 Å². The quantitative estimate of drug-likeness (QED) is 0.866. The molecule has 0 N–H and O–H groups in total. The van der Waals surface area contributed by atoms with Gasteiger partial charge in [-0.1, -0.05) is 24.3 Å². The van der Waals surface area contributed by atoms with Crippen molar-refractivity contribution in [3.05, 3.63) is 47.2 Å². The van der Waals surface area contributed by atoms with Gasteiger partial charge in [0.05, 0.1) is 13.2 Å². The zero-order chi connectivity index (χ0) is 16.5. The zero-order valence-electron chi connectivity index (χ0n) is 13.8. The van der Waals surface area contributed by atoms with Gasteiger partial charge in [0.25, 0.3) is 0 Å². The minimum atomic E-state index is -0.320. The predicted octanol–water partition coefficient (Wildman–Crippen LogP) is 2.40. The Morgan fingerprint density at radius 2 is 2.21 bits per heavy atom. The second-order valence-corrected chi connectivity index (χ2v) is 6.50. The van der Waals surface area contributed by atoms with E-state index in [1.165, 1.54) is 11.1 Å². The highest BCUT2D eigenvalue weighted by Gasteiger charge is 2.31. The molecular formula is C18H21N3O3. The summed E-state index contributed by atoms with van der Waals surface area (Å²) < 4.78 is 11.1. The van der Waals surface area contributed by atoms with Crippen molar-refractivity contribution in [3.63, 3.8) is 0 Å². The van der Waals surface area contributed by atoms with Crippen LogP contribution < -0.4 is 0 Å². The molecule has 2 aliphatic rings. The van der Waals surface area contributed by atoms with Gasteiger partial charge in [-0.2, -0.15) is 0 Å². The number of carbonyl (C=O) groups is 1. The van der Waals surface area contributed by atoms with E-state index in [0.29, 0.717) is 43.8 Å². The second-order valence-electron chi connectivity index (χ2n) is 6.50. The number of fused-ring (bicyclic) bond motifs is 1. The van der Waals surface area contributed by atoms with E-state index in [1.807, 2.05) is 4.90 Å². The van der Waals surface area contributed by atoms with Crippen molar-refractivity contribution in [2.45, 2.75) is 38.2 Å². The number of hydrogen-bond acceptors (Lipinski definition) is 5. The number of morpholine rings is 1. The fourth-order valence-electron chi connectivity index (χ4n) is 3.66. The van der Waals surface area contributed by atoms with Crippen LogP contribution in [0.15, 0.2) is 28.7 Å². The number of amides is 1. The monoisotopic (exact) mass is 327 g/mol. The van der Waals surface area contributed by atoms with Crippen LogP contribution in [0.3, 0.4) is 0 Å². The molecule has 24 heavy (non-hydrogen) atoms. The first kappa shape index (κ1) is 15.3. The van der Waals surface area contributed by atoms with Crippen molar-refractivity contribution >= 4 is 5.91 Å². The van der Waals surface area contributed by atoms with Crippen LogP contribution >= 0.6 is 0 Å². The lowest BCUT2D eigenvalue weighted by atomic mass is 9.97. The van der Waals surface area contributed by atoms with Crippen LogP contribution in [-0.4, -0.2) is 40.7 Å². The molecule has 2 aromatic rings. The van der Waals surface area contributed by atoms with Gasteiger partial charge in [0.1, 0.15) is 0 Å². The van der Waals surface area contributed by atoms with Gasteiger partial charge in [0, 0.05) is 19.9 Å². The third kappa shape index (κ3) is 2.94. The van der Waals surface area contributed by atoms with E-state index in [1.54, 1.807) is 6.92 Å². The summed E-state index contributed by atoms with van der Waals surface area (Å²) >= 11 is 0. The summed E-state index contributed by atoms with van der Waals surface area (Å²) in [4.78, 5) is 14.6. The van der Waals surface area contributed by atoms with Crippen molar-refractivity contribution in [3.8, 4) is 0 Å². The Kier molecular flexibility index (Phi) is 4.06. The smallest absolute Gasteiger partial charge is 0.246 e. The third-order valence-electron chi connectivity index (χ3n) is 4.91. The SMILES string of the molecule is Cc1nnc([C@@H]2CN(C(=O)C[C@H]3CCc4ccccc43)CCO2)o1. The van der Waals surface area contributed by atoms with E-state index in [4.69, 9.17) is 9.15 Å². The largest absolute Gasteiger partial charge is 0.423 e. The Morgan fingerprint density at radius 3 is 3.04 bits per heavy atom. The van der Waals surface area contributed by atoms with Crippen LogP contribution in [-0.2, 0) is 16.0 Å². The highest BCUT2D eigenvalue weighted by molar-refractivity contribution is 5.77. The lowest BCUT2D eigenvalue weighted by Crippen LogP contribution is -2.42. The average molecular weight is 327 g/mol. The van der Waals surface area contributed by atoms with Crippen LogP contribution in [0.2, 0.25) is 0 Å². The molecular weight excluding hydrogens is 306 g/mol. The molecule has 1 saturated heterocycles. The maximum atomic E-state index is 12.7. The topological polar surface area (TPSA) is 68.5 Å². The van der Waals surface area contributed by atoms with Crippen molar-refractivity contribution < 1.29 is 13.9 Å². The second kappa shape index (κ2) is 6.36. The Labute approximate surface area is 140 Å². The molecule has 0 unspecified atom stereocenters. The fourth-order valence-corrected chi connectivity index (χ4v) is 3.66.